The minimum Gasteiger partial charge on any atom is -0.508 e. The summed E-state index contributed by atoms with van der Waals surface area (Å²) in [5, 5.41) is 26.1. The van der Waals surface area contributed by atoms with Gasteiger partial charge in [-0.05, 0) is 42.6 Å². The van der Waals surface area contributed by atoms with Gasteiger partial charge in [0, 0.05) is 12.8 Å². The molecule has 0 aliphatic heterocycles. The van der Waals surface area contributed by atoms with Crippen LogP contribution in [0, 0.1) is 0 Å². The summed E-state index contributed by atoms with van der Waals surface area (Å²) in [6, 6.07) is 12.1. The van der Waals surface area contributed by atoms with Gasteiger partial charge in [-0.25, -0.2) is 0 Å². The topological polar surface area (TPSA) is 197 Å². The highest BCUT2D eigenvalue weighted by atomic mass is 16.4. The standard InChI is InChI=1S/C26H35N5O6/c27-13-5-4-8-20(28)24(35)30-22(14-17-6-2-1-3-7-17)26(37)31-21(25(36)29-16-23(33)34)15-18-9-11-19(32)12-10-18/h1-3,6-7,9-12,20-22,32H,4-5,8,13-16,27-28H2,(H,29,36)(H,30,35)(H,31,37)(H,33,34)/t20-,21-,22-/m0/s1. The molecule has 0 saturated heterocycles. The first-order chi connectivity index (χ1) is 17.7. The van der Waals surface area contributed by atoms with E-state index in [2.05, 4.69) is 16.0 Å². The number of carbonyl (C=O) groups is 4. The van der Waals surface area contributed by atoms with Gasteiger partial charge in [-0.2, -0.15) is 0 Å². The molecule has 9 N–H and O–H groups in total. The molecule has 0 unspecified atom stereocenters. The van der Waals surface area contributed by atoms with Crippen LogP contribution in [0.4, 0.5) is 0 Å². The summed E-state index contributed by atoms with van der Waals surface area (Å²) in [5.74, 6) is -3.03. The van der Waals surface area contributed by atoms with Crippen molar-refractivity contribution < 1.29 is 29.4 Å². The highest BCUT2D eigenvalue weighted by Gasteiger charge is 2.28. The molecule has 2 aromatic rings. The summed E-state index contributed by atoms with van der Waals surface area (Å²) in [5.41, 5.74) is 12.9. The molecule has 0 aromatic heterocycles. The number of phenolic OH excluding ortho intramolecular Hbond substituents is 1. The van der Waals surface area contributed by atoms with Gasteiger partial charge in [0.05, 0.1) is 6.04 Å². The normalized spacial score (nSPS) is 13.1. The molecule has 0 aliphatic rings. The van der Waals surface area contributed by atoms with E-state index in [1.165, 1.54) is 12.1 Å². The third kappa shape index (κ3) is 10.7. The molecule has 3 amide bonds. The van der Waals surface area contributed by atoms with Crippen molar-refractivity contribution in [2.75, 3.05) is 13.1 Å². The van der Waals surface area contributed by atoms with Crippen LogP contribution >= 0.6 is 0 Å². The van der Waals surface area contributed by atoms with Crippen LogP contribution in [0.1, 0.15) is 30.4 Å². The summed E-state index contributed by atoms with van der Waals surface area (Å²) >= 11 is 0. The number of unbranched alkanes of at least 4 members (excludes halogenated alkanes) is 1. The van der Waals surface area contributed by atoms with Crippen molar-refractivity contribution in [2.45, 2.75) is 50.2 Å². The molecule has 0 saturated carbocycles. The first-order valence-corrected chi connectivity index (χ1v) is 12.1. The molecule has 2 rings (SSSR count). The Morgan fingerprint density at radius 2 is 1.35 bits per heavy atom. The fourth-order valence-corrected chi connectivity index (χ4v) is 3.61. The zero-order chi connectivity index (χ0) is 27.2. The highest BCUT2D eigenvalue weighted by molar-refractivity contribution is 5.94. The van der Waals surface area contributed by atoms with Crippen molar-refractivity contribution in [1.29, 1.82) is 0 Å². The van der Waals surface area contributed by atoms with Crippen LogP contribution in [0.2, 0.25) is 0 Å². The minimum absolute atomic E-state index is 0.0298. The Morgan fingerprint density at radius 3 is 1.95 bits per heavy atom. The van der Waals surface area contributed by atoms with Crippen LogP contribution in [0.5, 0.6) is 5.75 Å². The number of amides is 3. The molecular weight excluding hydrogens is 478 g/mol. The molecule has 3 atom stereocenters. The predicted molar refractivity (Wildman–Crippen MR) is 137 cm³/mol. The Labute approximate surface area is 215 Å². The van der Waals surface area contributed by atoms with Crippen molar-refractivity contribution >= 4 is 23.7 Å². The molecule has 11 nitrogen and oxygen atoms in total. The van der Waals surface area contributed by atoms with Crippen LogP contribution < -0.4 is 27.4 Å². The zero-order valence-corrected chi connectivity index (χ0v) is 20.6. The van der Waals surface area contributed by atoms with Crippen molar-refractivity contribution in [2.24, 2.45) is 11.5 Å². The SMILES string of the molecule is NCCCC[C@H](N)C(=O)N[C@@H](Cc1ccccc1)C(=O)N[C@@H](Cc1ccc(O)cc1)C(=O)NCC(=O)O. The fourth-order valence-electron chi connectivity index (χ4n) is 3.61. The number of nitrogens with two attached hydrogens (primary N) is 2. The van der Waals surface area contributed by atoms with E-state index in [1.807, 2.05) is 6.07 Å². The highest BCUT2D eigenvalue weighted by Crippen LogP contribution is 2.12. The second-order valence-corrected chi connectivity index (χ2v) is 8.69. The Bertz CT molecular complexity index is 1030. The van der Waals surface area contributed by atoms with Crippen LogP contribution in [0.15, 0.2) is 54.6 Å². The molecule has 2 aromatic carbocycles. The first kappa shape index (κ1) is 29.3. The smallest absolute Gasteiger partial charge is 0.322 e. The molecule has 0 bridgehead atoms. The van der Waals surface area contributed by atoms with Gasteiger partial charge in [0.25, 0.3) is 0 Å². The summed E-state index contributed by atoms with van der Waals surface area (Å²) < 4.78 is 0. The van der Waals surface area contributed by atoms with Gasteiger partial charge >= 0.3 is 5.97 Å². The number of rotatable bonds is 15. The maximum atomic E-state index is 13.3. The number of hydrogen-bond acceptors (Lipinski definition) is 7. The number of benzene rings is 2. The van der Waals surface area contributed by atoms with Crippen LogP contribution in [0.25, 0.3) is 0 Å². The second kappa shape index (κ2) is 15.2. The molecule has 0 fully saturated rings. The third-order valence-corrected chi connectivity index (χ3v) is 5.64. The lowest BCUT2D eigenvalue weighted by Crippen LogP contribution is -2.57. The van der Waals surface area contributed by atoms with E-state index in [0.29, 0.717) is 24.9 Å². The number of aliphatic carboxylic acids is 1. The van der Waals surface area contributed by atoms with Crippen LogP contribution in [-0.2, 0) is 32.0 Å². The van der Waals surface area contributed by atoms with Crippen molar-refractivity contribution in [3.8, 4) is 5.75 Å². The van der Waals surface area contributed by atoms with E-state index < -0.39 is 48.4 Å². The van der Waals surface area contributed by atoms with Crippen molar-refractivity contribution in [3.05, 3.63) is 65.7 Å². The van der Waals surface area contributed by atoms with E-state index in [-0.39, 0.29) is 18.6 Å². The van der Waals surface area contributed by atoms with Gasteiger partial charge in [0.2, 0.25) is 17.7 Å². The average molecular weight is 514 g/mol. The monoisotopic (exact) mass is 513 g/mol. The molecule has 0 spiro atoms. The second-order valence-electron chi connectivity index (χ2n) is 8.69. The predicted octanol–water partition coefficient (Wildman–Crippen LogP) is -0.196. The van der Waals surface area contributed by atoms with Crippen LogP contribution in [0.3, 0.4) is 0 Å². The maximum absolute atomic E-state index is 13.3. The van der Waals surface area contributed by atoms with Gasteiger partial charge in [-0.3, -0.25) is 19.2 Å². The summed E-state index contributed by atoms with van der Waals surface area (Å²) in [4.78, 5) is 49.8. The number of carbonyl (C=O) groups excluding carboxylic acids is 3. The molecule has 11 heteroatoms. The molecule has 0 aliphatic carbocycles. The average Bonchev–Trinajstić information content (AvgIpc) is 2.88. The minimum atomic E-state index is -1.24. The number of carboxylic acid groups (broad SMARTS) is 1. The van der Waals surface area contributed by atoms with Crippen LogP contribution in [-0.4, -0.2) is 65.1 Å². The largest absolute Gasteiger partial charge is 0.508 e. The zero-order valence-electron chi connectivity index (χ0n) is 20.6. The number of phenols is 1. The molecule has 0 radical (unpaired) electrons. The maximum Gasteiger partial charge on any atom is 0.322 e. The Morgan fingerprint density at radius 1 is 0.784 bits per heavy atom. The van der Waals surface area contributed by atoms with Crippen molar-refractivity contribution in [3.63, 3.8) is 0 Å². The number of nitrogens with one attached hydrogen (secondary N) is 3. The van der Waals surface area contributed by atoms with E-state index >= 15 is 0 Å². The quantitative estimate of drug-likeness (QED) is 0.159. The van der Waals surface area contributed by atoms with Gasteiger partial charge in [0.1, 0.15) is 24.4 Å². The van der Waals surface area contributed by atoms with Gasteiger partial charge in [-0.15, -0.1) is 0 Å². The van der Waals surface area contributed by atoms with Gasteiger partial charge in [0.15, 0.2) is 0 Å². The lowest BCUT2D eigenvalue weighted by atomic mass is 10.0. The van der Waals surface area contributed by atoms with E-state index in [0.717, 1.165) is 12.0 Å². The Hall–Kier alpha value is -3.96. The molecular formula is C26H35N5O6. The lowest BCUT2D eigenvalue weighted by Gasteiger charge is -2.24. The summed E-state index contributed by atoms with van der Waals surface area (Å²) in [6.45, 7) is -0.137. The van der Waals surface area contributed by atoms with E-state index in [4.69, 9.17) is 16.6 Å². The Balaban J connectivity index is 2.21. The fraction of sp³-hybridized carbons (Fsp3) is 0.385. The molecule has 200 valence electrons. The number of aromatic hydroxyl groups is 1. The van der Waals surface area contributed by atoms with Gasteiger partial charge < -0.3 is 37.6 Å². The summed E-state index contributed by atoms with van der Waals surface area (Å²) in [7, 11) is 0. The van der Waals surface area contributed by atoms with Crippen molar-refractivity contribution in [1.82, 2.24) is 16.0 Å². The van der Waals surface area contributed by atoms with E-state index in [9.17, 15) is 24.3 Å². The molecule has 37 heavy (non-hydrogen) atoms. The van der Waals surface area contributed by atoms with Gasteiger partial charge in [-0.1, -0.05) is 48.9 Å². The Kier molecular flexibility index (Phi) is 12.0. The first-order valence-electron chi connectivity index (χ1n) is 12.1. The third-order valence-electron chi connectivity index (χ3n) is 5.64. The lowest BCUT2D eigenvalue weighted by molar-refractivity contribution is -0.138. The number of carboxylic acids is 1. The molecule has 0 heterocycles. The summed E-state index contributed by atoms with van der Waals surface area (Å²) in [6.07, 6.45) is 1.97. The van der Waals surface area contributed by atoms with E-state index in [1.54, 1.807) is 36.4 Å². The number of hydrogen-bond donors (Lipinski definition) is 7.